The second-order valence-corrected chi connectivity index (χ2v) is 26.4. The molecule has 2 aliphatic heterocycles. The van der Waals surface area contributed by atoms with Gasteiger partial charge in [-0.3, -0.25) is 0 Å². The summed E-state index contributed by atoms with van der Waals surface area (Å²) >= 11 is 0. The van der Waals surface area contributed by atoms with Crippen LogP contribution >= 0.6 is 0 Å². The van der Waals surface area contributed by atoms with Crippen molar-refractivity contribution in [2.24, 2.45) is 0 Å². The van der Waals surface area contributed by atoms with Gasteiger partial charge in [0.2, 0.25) is 0 Å². The Hall–Kier alpha value is 0.708. The lowest BCUT2D eigenvalue weighted by molar-refractivity contribution is 0.392. The predicted molar refractivity (Wildman–Crippen MR) is 89.2 cm³/mol. The highest BCUT2D eigenvalue weighted by Gasteiger charge is 2.74. The highest BCUT2D eigenvalue weighted by molar-refractivity contribution is 7.18. The maximum atomic E-state index is 3.06. The topological polar surface area (TPSA) is 13.0 Å². The van der Waals surface area contributed by atoms with E-state index in [4.69, 9.17) is 0 Å². The minimum absolute atomic E-state index is 1.34. The maximum absolute atomic E-state index is 3.06. The fourth-order valence-electron chi connectivity index (χ4n) is 4.42. The molecule has 2 rings (SSSR count). The van der Waals surface area contributed by atoms with E-state index in [1.807, 2.05) is 0 Å². The van der Waals surface area contributed by atoms with Crippen LogP contribution in [0.4, 0.5) is 0 Å². The molecule has 0 spiro atoms. The van der Waals surface area contributed by atoms with E-state index >= 15 is 0 Å². The van der Waals surface area contributed by atoms with E-state index in [0.717, 1.165) is 0 Å². The number of rotatable bonds is 0. The van der Waals surface area contributed by atoms with Gasteiger partial charge in [-0.25, -0.2) is 0 Å². The molecule has 4 nitrogen and oxygen atoms in total. The van der Waals surface area contributed by atoms with Crippen LogP contribution in [-0.4, -0.2) is 71.5 Å². The Labute approximate surface area is 117 Å². The Morgan fingerprint density at radius 3 is 1.28 bits per heavy atom. The third-order valence-electron chi connectivity index (χ3n) is 6.07. The molecule has 2 heterocycles. The van der Waals surface area contributed by atoms with Crippen LogP contribution in [0.2, 0.25) is 45.8 Å². The molecule has 8 heteroatoms. The molecule has 2 saturated heterocycles. The monoisotopic (exact) mass is 318 g/mol. The number of hydrogen-bond donors (Lipinski definition) is 0. The normalized spacial score (nSPS) is 40.3. The van der Waals surface area contributed by atoms with Gasteiger partial charge in [0.15, 0.2) is 25.2 Å². The van der Waals surface area contributed by atoms with Crippen LogP contribution in [-0.2, 0) is 0 Å². The van der Waals surface area contributed by atoms with Crippen molar-refractivity contribution in [3.8, 4) is 0 Å². The summed E-state index contributed by atoms with van der Waals surface area (Å²) in [4.78, 5) is 0. The second kappa shape index (κ2) is 3.67. The number of fused-ring (bicyclic) bond motifs is 1. The van der Waals surface area contributed by atoms with Crippen molar-refractivity contribution in [2.45, 2.75) is 45.8 Å². The molecule has 106 valence electrons. The largest absolute Gasteiger partial charge is 0.325 e. The summed E-state index contributed by atoms with van der Waals surface area (Å²) in [7, 11) is 1.45. The molecular formula is C10H30N4Si4. The van der Waals surface area contributed by atoms with Crippen molar-refractivity contribution < 1.29 is 0 Å². The van der Waals surface area contributed by atoms with Crippen LogP contribution in [0.25, 0.3) is 0 Å². The smallest absolute Gasteiger partial charge is 0.262 e. The van der Waals surface area contributed by atoms with Gasteiger partial charge in [0.1, 0.15) is 0 Å². The molecule has 0 N–H and O–H groups in total. The molecule has 0 aromatic heterocycles. The molecule has 0 aromatic carbocycles. The Morgan fingerprint density at radius 2 is 0.833 bits per heavy atom. The standard InChI is InChI=1S/C10H30N4Si4/c1-11-15(4,5)12(2)18(10)13(3)17(8,9)14(18)16(11,6)7/h1-10H3. The lowest BCUT2D eigenvalue weighted by Crippen LogP contribution is -3.05. The van der Waals surface area contributed by atoms with E-state index in [-0.39, 0.29) is 0 Å². The Balaban J connectivity index is 2.57. The first-order valence-electron chi connectivity index (χ1n) is 6.85. The zero-order valence-corrected chi connectivity index (χ0v) is 17.8. The van der Waals surface area contributed by atoms with Crippen molar-refractivity contribution in [3.63, 3.8) is 0 Å². The summed E-state index contributed by atoms with van der Waals surface area (Å²) < 4.78 is 11.5. The summed E-state index contributed by atoms with van der Waals surface area (Å²) in [6.45, 7) is 17.8. The first-order valence-corrected chi connectivity index (χ1v) is 17.9. The minimum Gasteiger partial charge on any atom is -0.325 e. The fraction of sp³-hybridized carbons (Fsp3) is 1.00. The van der Waals surface area contributed by atoms with Gasteiger partial charge in [0.05, 0.1) is 0 Å². The van der Waals surface area contributed by atoms with Crippen molar-refractivity contribution in [3.05, 3.63) is 0 Å². The lowest BCUT2D eigenvalue weighted by atomic mass is 11.6. The second-order valence-electron chi connectivity index (χ2n) is 7.47. The van der Waals surface area contributed by atoms with Crippen LogP contribution in [0.1, 0.15) is 0 Å². The molecule has 2 fully saturated rings. The van der Waals surface area contributed by atoms with E-state index in [1.54, 1.807) is 0 Å². The third-order valence-corrected chi connectivity index (χ3v) is 36.4. The first-order chi connectivity index (χ1) is 7.83. The van der Waals surface area contributed by atoms with Crippen LogP contribution in [0.3, 0.4) is 0 Å². The van der Waals surface area contributed by atoms with Gasteiger partial charge in [-0.2, -0.15) is 0 Å². The van der Waals surface area contributed by atoms with E-state index < -0.39 is 33.7 Å². The molecule has 0 radical (unpaired) electrons. The van der Waals surface area contributed by atoms with Crippen LogP contribution in [0.5, 0.6) is 0 Å². The quantitative estimate of drug-likeness (QED) is 0.631. The Bertz CT molecular complexity index is 386. The molecule has 1 unspecified atom stereocenters. The van der Waals surface area contributed by atoms with Crippen LogP contribution in [0.15, 0.2) is 0 Å². The van der Waals surface area contributed by atoms with Crippen molar-refractivity contribution in [1.82, 2.24) is 16.6 Å². The third kappa shape index (κ3) is 1.38. The molecule has 0 amide bonds. The molecule has 0 bridgehead atoms. The van der Waals surface area contributed by atoms with Crippen molar-refractivity contribution >= 4 is 33.7 Å². The highest BCUT2D eigenvalue weighted by Crippen LogP contribution is 2.48. The minimum atomic E-state index is -1.52. The molecule has 2 aliphatic rings. The van der Waals surface area contributed by atoms with E-state index in [0.29, 0.717) is 0 Å². The van der Waals surface area contributed by atoms with Gasteiger partial charge in [-0.05, 0) is 67.0 Å². The van der Waals surface area contributed by atoms with E-state index in [1.165, 1.54) is 0 Å². The fourth-order valence-corrected chi connectivity index (χ4v) is 42.2. The Kier molecular flexibility index (Phi) is 3.08. The van der Waals surface area contributed by atoms with E-state index in [2.05, 4.69) is 83.6 Å². The van der Waals surface area contributed by atoms with Gasteiger partial charge in [-0.15, -0.1) is 0 Å². The molecule has 0 aliphatic carbocycles. The molecule has 1 atom stereocenters. The van der Waals surface area contributed by atoms with Gasteiger partial charge >= 0.3 is 0 Å². The molecular weight excluding hydrogens is 288 g/mol. The lowest BCUT2D eigenvalue weighted by Gasteiger charge is -2.80. The number of nitrogens with zero attached hydrogens (tertiary/aromatic N) is 4. The average molecular weight is 319 g/mol. The maximum Gasteiger partial charge on any atom is 0.262 e. The zero-order chi connectivity index (χ0) is 14.3. The molecule has 0 aromatic rings. The predicted octanol–water partition coefficient (Wildman–Crippen LogP) is 1.79. The summed E-state index contributed by atoms with van der Waals surface area (Å²) in [5.41, 5.74) is 0. The van der Waals surface area contributed by atoms with Crippen LogP contribution < -0.4 is 0 Å². The zero-order valence-electron chi connectivity index (χ0n) is 13.8. The summed E-state index contributed by atoms with van der Waals surface area (Å²) in [5, 5.41) is 0. The van der Waals surface area contributed by atoms with Gasteiger partial charge < -0.3 is 16.6 Å². The average Bonchev–Trinajstić information content (AvgIpc) is 2.23. The first kappa shape index (κ1) is 15.1. The Morgan fingerprint density at radius 1 is 0.500 bits per heavy atom. The van der Waals surface area contributed by atoms with E-state index in [9.17, 15) is 0 Å². The molecule has 0 saturated carbocycles. The highest BCUT2D eigenvalue weighted by atomic mass is 28.6. The van der Waals surface area contributed by atoms with Crippen molar-refractivity contribution in [1.29, 1.82) is 0 Å². The number of hydrogen-bond acceptors (Lipinski definition) is 4. The van der Waals surface area contributed by atoms with Crippen LogP contribution in [0, 0.1) is 0 Å². The van der Waals surface area contributed by atoms with Gasteiger partial charge in [-0.1, -0.05) is 0 Å². The summed E-state index contributed by atoms with van der Waals surface area (Å²) in [5.74, 6) is 0. The summed E-state index contributed by atoms with van der Waals surface area (Å²) in [6.07, 6.45) is 0. The molecule has 18 heavy (non-hydrogen) atoms. The SMILES string of the molecule is CN1[Si](C)(C)N(C)[Si]2(C)N(C)[Si](C)(C)N2[Si]1(C)C. The van der Waals surface area contributed by atoms with Crippen molar-refractivity contribution in [2.75, 3.05) is 21.1 Å². The van der Waals surface area contributed by atoms with Gasteiger partial charge in [0, 0.05) is 0 Å². The summed E-state index contributed by atoms with van der Waals surface area (Å²) in [6, 6.07) is 0. The van der Waals surface area contributed by atoms with Gasteiger partial charge in [0.25, 0.3) is 8.56 Å².